The van der Waals surface area contributed by atoms with Crippen molar-refractivity contribution in [1.29, 1.82) is 0 Å². The summed E-state index contributed by atoms with van der Waals surface area (Å²) in [6.45, 7) is 10.9. The predicted octanol–water partition coefficient (Wildman–Crippen LogP) is 4.20. The standard InChI is InChI=1S/C21H27N3O6S/c1-8-11-23-21(30-31(7,28)29)19(15(6)22-23)20(25)16-9-10-17(24(26)27)18(14(16)5)13(4)12(2)3/h9-10H,8,11H2,1-7H3. The lowest BCUT2D eigenvalue weighted by Crippen LogP contribution is -2.14. The van der Waals surface area contributed by atoms with Gasteiger partial charge in [-0.05, 0) is 58.2 Å². The summed E-state index contributed by atoms with van der Waals surface area (Å²) in [4.78, 5) is 24.6. The van der Waals surface area contributed by atoms with Gasteiger partial charge in [-0.15, -0.1) is 0 Å². The number of benzene rings is 1. The molecule has 2 aromatic rings. The van der Waals surface area contributed by atoms with Crippen LogP contribution in [0, 0.1) is 24.0 Å². The summed E-state index contributed by atoms with van der Waals surface area (Å²) in [6.07, 6.45) is 1.54. The molecule has 0 aliphatic rings. The van der Waals surface area contributed by atoms with E-state index in [0.29, 0.717) is 35.4 Å². The fourth-order valence-corrected chi connectivity index (χ4v) is 3.82. The molecule has 1 aromatic heterocycles. The Morgan fingerprint density at radius 3 is 2.29 bits per heavy atom. The third kappa shape index (κ3) is 5.01. The van der Waals surface area contributed by atoms with Gasteiger partial charge in [0.2, 0.25) is 11.7 Å². The van der Waals surface area contributed by atoms with Gasteiger partial charge in [-0.3, -0.25) is 14.9 Å². The van der Waals surface area contributed by atoms with Crippen molar-refractivity contribution in [2.75, 3.05) is 6.26 Å². The number of carbonyl (C=O) groups is 1. The molecule has 10 heteroatoms. The van der Waals surface area contributed by atoms with E-state index in [4.69, 9.17) is 4.18 Å². The van der Waals surface area contributed by atoms with Crippen LogP contribution in [0.15, 0.2) is 17.7 Å². The Bertz CT molecular complexity index is 1190. The van der Waals surface area contributed by atoms with Gasteiger partial charge >= 0.3 is 10.1 Å². The smallest absolute Gasteiger partial charge is 0.307 e. The van der Waals surface area contributed by atoms with E-state index < -0.39 is 20.8 Å². The van der Waals surface area contributed by atoms with E-state index in [9.17, 15) is 23.3 Å². The minimum absolute atomic E-state index is 0.0247. The molecule has 0 fully saturated rings. The van der Waals surface area contributed by atoms with E-state index >= 15 is 0 Å². The molecule has 0 unspecified atom stereocenters. The zero-order valence-electron chi connectivity index (χ0n) is 18.8. The maximum atomic E-state index is 13.5. The molecule has 1 heterocycles. The predicted molar refractivity (Wildman–Crippen MR) is 118 cm³/mol. The molecule has 0 saturated carbocycles. The first kappa shape index (κ1) is 24.3. The van der Waals surface area contributed by atoms with Gasteiger partial charge in [0.1, 0.15) is 5.56 Å². The topological polar surface area (TPSA) is 121 Å². The highest BCUT2D eigenvalue weighted by Crippen LogP contribution is 2.35. The number of hydrogen-bond acceptors (Lipinski definition) is 7. The van der Waals surface area contributed by atoms with Gasteiger partial charge in [-0.2, -0.15) is 13.5 Å². The van der Waals surface area contributed by atoms with Crippen molar-refractivity contribution in [3.05, 3.63) is 55.8 Å². The number of hydrogen-bond donors (Lipinski definition) is 0. The highest BCUT2D eigenvalue weighted by atomic mass is 32.2. The summed E-state index contributed by atoms with van der Waals surface area (Å²) in [6, 6.07) is 2.68. The number of ketones is 1. The van der Waals surface area contributed by atoms with E-state index in [2.05, 4.69) is 5.10 Å². The van der Waals surface area contributed by atoms with Gasteiger partial charge in [-0.25, -0.2) is 4.68 Å². The number of aryl methyl sites for hydroxylation is 2. The molecule has 1 aromatic carbocycles. The number of nitro benzene ring substituents is 1. The Balaban J connectivity index is 2.80. The highest BCUT2D eigenvalue weighted by Gasteiger charge is 2.30. The van der Waals surface area contributed by atoms with E-state index in [1.165, 1.54) is 16.8 Å². The van der Waals surface area contributed by atoms with E-state index in [-0.39, 0.29) is 22.7 Å². The average molecular weight is 450 g/mol. The third-order valence-corrected chi connectivity index (χ3v) is 5.44. The summed E-state index contributed by atoms with van der Waals surface area (Å²) in [5, 5.41) is 15.9. The van der Waals surface area contributed by atoms with Crippen LogP contribution in [0.1, 0.15) is 66.9 Å². The molecule has 0 bridgehead atoms. The summed E-state index contributed by atoms with van der Waals surface area (Å²) in [7, 11) is -3.91. The largest absolute Gasteiger partial charge is 0.361 e. The van der Waals surface area contributed by atoms with Crippen molar-refractivity contribution in [1.82, 2.24) is 9.78 Å². The van der Waals surface area contributed by atoms with Crippen LogP contribution in [0.4, 0.5) is 5.69 Å². The molecule has 0 saturated heterocycles. The van der Waals surface area contributed by atoms with Crippen LogP contribution in [-0.2, 0) is 16.7 Å². The average Bonchev–Trinajstić information content (AvgIpc) is 2.93. The van der Waals surface area contributed by atoms with Gasteiger partial charge in [0.15, 0.2) is 0 Å². The lowest BCUT2D eigenvalue weighted by Gasteiger charge is -2.14. The van der Waals surface area contributed by atoms with E-state index in [0.717, 1.165) is 11.8 Å². The van der Waals surface area contributed by atoms with Crippen molar-refractivity contribution < 1.29 is 22.3 Å². The molecule has 0 radical (unpaired) electrons. The monoisotopic (exact) mass is 449 g/mol. The van der Waals surface area contributed by atoms with Gasteiger partial charge in [0, 0.05) is 18.2 Å². The summed E-state index contributed by atoms with van der Waals surface area (Å²) in [5.41, 5.74) is 2.85. The lowest BCUT2D eigenvalue weighted by atomic mass is 9.90. The van der Waals surface area contributed by atoms with Gasteiger partial charge in [0.25, 0.3) is 5.69 Å². The van der Waals surface area contributed by atoms with Crippen LogP contribution in [0.25, 0.3) is 5.57 Å². The second-order valence-corrected chi connectivity index (χ2v) is 9.19. The maximum absolute atomic E-state index is 13.5. The molecule has 31 heavy (non-hydrogen) atoms. The second-order valence-electron chi connectivity index (χ2n) is 7.62. The molecule has 0 atom stereocenters. The van der Waals surface area contributed by atoms with Crippen LogP contribution in [0.5, 0.6) is 5.88 Å². The Morgan fingerprint density at radius 2 is 1.81 bits per heavy atom. The molecule has 0 spiro atoms. The number of nitro groups is 1. The van der Waals surface area contributed by atoms with Crippen molar-refractivity contribution in [3.8, 4) is 5.88 Å². The van der Waals surface area contributed by atoms with E-state index in [1.54, 1.807) is 20.8 Å². The quantitative estimate of drug-likeness (QED) is 0.256. The number of allylic oxidation sites excluding steroid dienone is 2. The molecular weight excluding hydrogens is 422 g/mol. The van der Waals surface area contributed by atoms with Crippen LogP contribution >= 0.6 is 0 Å². The zero-order valence-corrected chi connectivity index (χ0v) is 19.6. The third-order valence-electron chi connectivity index (χ3n) is 4.98. The van der Waals surface area contributed by atoms with Crippen molar-refractivity contribution in [3.63, 3.8) is 0 Å². The first-order valence-electron chi connectivity index (χ1n) is 9.74. The molecular formula is C21H27N3O6S. The van der Waals surface area contributed by atoms with Crippen LogP contribution in [-0.4, -0.2) is 35.2 Å². The summed E-state index contributed by atoms with van der Waals surface area (Å²) in [5.74, 6) is -0.654. The molecule has 0 amide bonds. The SMILES string of the molecule is CCCn1nc(C)c(C(=O)c2ccc([N+](=O)[O-])c(C(C)=C(C)C)c2C)c1OS(C)(=O)=O. The van der Waals surface area contributed by atoms with Gasteiger partial charge in [-0.1, -0.05) is 12.5 Å². The van der Waals surface area contributed by atoms with Crippen LogP contribution < -0.4 is 4.18 Å². The van der Waals surface area contributed by atoms with Crippen molar-refractivity contribution in [2.45, 2.75) is 54.5 Å². The summed E-state index contributed by atoms with van der Waals surface area (Å²) < 4.78 is 30.1. The van der Waals surface area contributed by atoms with Crippen molar-refractivity contribution >= 4 is 27.2 Å². The number of nitrogens with zero attached hydrogens (tertiary/aromatic N) is 3. The fraction of sp³-hybridized carbons (Fsp3) is 0.429. The first-order valence-corrected chi connectivity index (χ1v) is 11.6. The minimum Gasteiger partial charge on any atom is -0.361 e. The first-order chi connectivity index (χ1) is 14.3. The normalized spacial score (nSPS) is 11.3. The van der Waals surface area contributed by atoms with E-state index in [1.807, 2.05) is 20.8 Å². The Labute approximate surface area is 182 Å². The van der Waals surface area contributed by atoms with Gasteiger partial charge < -0.3 is 4.18 Å². The lowest BCUT2D eigenvalue weighted by molar-refractivity contribution is -0.385. The number of rotatable bonds is 8. The summed E-state index contributed by atoms with van der Waals surface area (Å²) >= 11 is 0. The minimum atomic E-state index is -3.91. The molecule has 0 N–H and O–H groups in total. The Hall–Kier alpha value is -3.01. The zero-order chi connectivity index (χ0) is 23.7. The highest BCUT2D eigenvalue weighted by molar-refractivity contribution is 7.86. The van der Waals surface area contributed by atoms with Gasteiger partial charge in [0.05, 0.1) is 22.4 Å². The molecule has 2 rings (SSSR count). The molecule has 0 aliphatic carbocycles. The van der Waals surface area contributed by atoms with Crippen LogP contribution in [0.2, 0.25) is 0 Å². The number of carbonyl (C=O) groups excluding carboxylic acids is 1. The molecule has 0 aliphatic heterocycles. The second kappa shape index (κ2) is 9.01. The fourth-order valence-electron chi connectivity index (χ4n) is 3.37. The van der Waals surface area contributed by atoms with Crippen molar-refractivity contribution in [2.24, 2.45) is 0 Å². The Kier molecular flexibility index (Phi) is 7.05. The van der Waals surface area contributed by atoms with Crippen LogP contribution in [0.3, 0.4) is 0 Å². The molecule has 9 nitrogen and oxygen atoms in total. The molecule has 168 valence electrons. The maximum Gasteiger partial charge on any atom is 0.307 e. The Morgan fingerprint density at radius 1 is 1.19 bits per heavy atom. The number of aromatic nitrogens is 2.